The van der Waals surface area contributed by atoms with E-state index in [-0.39, 0.29) is 4.90 Å². The average molecular weight is 308 g/mol. The molecule has 0 bridgehead atoms. The Morgan fingerprint density at radius 2 is 2.05 bits per heavy atom. The number of nitrogens with two attached hydrogens (primary N) is 1. The molecule has 1 heterocycles. The van der Waals surface area contributed by atoms with Crippen LogP contribution in [0, 0.1) is 6.92 Å². The van der Waals surface area contributed by atoms with Crippen LogP contribution in [0.3, 0.4) is 0 Å². The van der Waals surface area contributed by atoms with E-state index in [1.165, 1.54) is 10.5 Å². The number of nitrogens with zero attached hydrogens (tertiary/aromatic N) is 3. The van der Waals surface area contributed by atoms with E-state index in [2.05, 4.69) is 5.10 Å². The van der Waals surface area contributed by atoms with Crippen LogP contribution >= 0.6 is 0 Å². The summed E-state index contributed by atoms with van der Waals surface area (Å²) in [6, 6.07) is 7.36. The Morgan fingerprint density at radius 3 is 2.71 bits per heavy atom. The van der Waals surface area contributed by atoms with Gasteiger partial charge in [0.05, 0.1) is 11.9 Å². The van der Waals surface area contributed by atoms with E-state index in [4.69, 9.17) is 5.73 Å². The second kappa shape index (κ2) is 6.28. The second-order valence-electron chi connectivity index (χ2n) is 4.84. The van der Waals surface area contributed by atoms with E-state index in [0.29, 0.717) is 18.8 Å². The first kappa shape index (κ1) is 15.5. The van der Waals surface area contributed by atoms with Gasteiger partial charge in [-0.2, -0.15) is 5.10 Å². The highest BCUT2D eigenvalue weighted by Gasteiger charge is 2.23. The maximum absolute atomic E-state index is 12.6. The molecule has 2 N–H and O–H groups in total. The van der Waals surface area contributed by atoms with Crippen molar-refractivity contribution in [1.29, 1.82) is 0 Å². The summed E-state index contributed by atoms with van der Waals surface area (Å²) in [5.74, 6) is 0. The zero-order valence-electron chi connectivity index (χ0n) is 12.2. The third kappa shape index (κ3) is 3.25. The number of para-hydroxylation sites is 1. The number of sulfonamides is 1. The Hall–Kier alpha value is -1.86. The SMILES string of the molecule is Cc1ccccc1N(C)S(=O)(=O)c1cnn(CCCN)c1. The number of hydrogen-bond acceptors (Lipinski definition) is 4. The van der Waals surface area contributed by atoms with Gasteiger partial charge in [-0.15, -0.1) is 0 Å². The van der Waals surface area contributed by atoms with Gasteiger partial charge in [-0.1, -0.05) is 18.2 Å². The van der Waals surface area contributed by atoms with E-state index < -0.39 is 10.0 Å². The molecule has 2 aromatic rings. The quantitative estimate of drug-likeness (QED) is 0.874. The van der Waals surface area contributed by atoms with Crippen molar-refractivity contribution in [2.75, 3.05) is 17.9 Å². The Balaban J connectivity index is 2.29. The lowest BCUT2D eigenvalue weighted by atomic mass is 10.2. The summed E-state index contributed by atoms with van der Waals surface area (Å²) in [5.41, 5.74) is 7.00. The van der Waals surface area contributed by atoms with Crippen molar-refractivity contribution in [3.8, 4) is 0 Å². The first-order valence-corrected chi connectivity index (χ1v) is 8.18. The van der Waals surface area contributed by atoms with Crippen LogP contribution in [0.5, 0.6) is 0 Å². The third-order valence-electron chi connectivity index (χ3n) is 3.31. The molecule has 0 radical (unpaired) electrons. The maximum Gasteiger partial charge on any atom is 0.267 e. The molecule has 21 heavy (non-hydrogen) atoms. The summed E-state index contributed by atoms with van der Waals surface area (Å²) in [4.78, 5) is 0.185. The van der Waals surface area contributed by atoms with Gasteiger partial charge in [0.2, 0.25) is 0 Å². The summed E-state index contributed by atoms with van der Waals surface area (Å²) in [5, 5.41) is 4.07. The van der Waals surface area contributed by atoms with Crippen molar-refractivity contribution in [3.05, 3.63) is 42.2 Å². The van der Waals surface area contributed by atoms with Gasteiger partial charge in [0.1, 0.15) is 4.90 Å². The highest BCUT2D eigenvalue weighted by Crippen LogP contribution is 2.24. The van der Waals surface area contributed by atoms with Crippen LogP contribution in [-0.4, -0.2) is 31.8 Å². The lowest BCUT2D eigenvalue weighted by molar-refractivity contribution is 0.581. The van der Waals surface area contributed by atoms with E-state index in [0.717, 1.165) is 12.0 Å². The molecular formula is C14H20N4O2S. The smallest absolute Gasteiger partial charge is 0.267 e. The van der Waals surface area contributed by atoms with Crippen molar-refractivity contribution < 1.29 is 8.42 Å². The zero-order valence-corrected chi connectivity index (χ0v) is 13.0. The van der Waals surface area contributed by atoms with Gasteiger partial charge in [-0.25, -0.2) is 8.42 Å². The lowest BCUT2D eigenvalue weighted by Crippen LogP contribution is -2.26. The average Bonchev–Trinajstić information content (AvgIpc) is 2.94. The van der Waals surface area contributed by atoms with Crippen molar-refractivity contribution >= 4 is 15.7 Å². The molecule has 2 rings (SSSR count). The van der Waals surface area contributed by atoms with E-state index in [1.807, 2.05) is 25.1 Å². The summed E-state index contributed by atoms with van der Waals surface area (Å²) in [6.07, 6.45) is 3.68. The molecule has 0 aliphatic heterocycles. The van der Waals surface area contributed by atoms with Gasteiger partial charge in [0, 0.05) is 19.8 Å². The fourth-order valence-corrected chi connectivity index (χ4v) is 3.27. The Labute approximate surface area is 125 Å². The van der Waals surface area contributed by atoms with Gasteiger partial charge >= 0.3 is 0 Å². The number of rotatable bonds is 6. The predicted molar refractivity (Wildman–Crippen MR) is 82.7 cm³/mol. The predicted octanol–water partition coefficient (Wildman–Crippen LogP) is 1.37. The molecule has 0 aliphatic rings. The van der Waals surface area contributed by atoms with Crippen LogP contribution in [-0.2, 0) is 16.6 Å². The molecule has 0 aliphatic carbocycles. The second-order valence-corrected chi connectivity index (χ2v) is 6.81. The molecule has 0 atom stereocenters. The minimum Gasteiger partial charge on any atom is -0.330 e. The molecule has 0 unspecified atom stereocenters. The molecule has 1 aromatic carbocycles. The molecule has 0 spiro atoms. The minimum absolute atomic E-state index is 0.185. The summed E-state index contributed by atoms with van der Waals surface area (Å²) in [6.45, 7) is 3.04. The third-order valence-corrected chi connectivity index (χ3v) is 5.04. The Kier molecular flexibility index (Phi) is 4.64. The largest absolute Gasteiger partial charge is 0.330 e. The van der Waals surface area contributed by atoms with Crippen molar-refractivity contribution in [2.45, 2.75) is 24.8 Å². The van der Waals surface area contributed by atoms with Crippen LogP contribution in [0.25, 0.3) is 0 Å². The number of aromatic nitrogens is 2. The number of hydrogen-bond donors (Lipinski definition) is 1. The van der Waals surface area contributed by atoms with Crippen LogP contribution in [0.2, 0.25) is 0 Å². The fraction of sp³-hybridized carbons (Fsp3) is 0.357. The highest BCUT2D eigenvalue weighted by atomic mass is 32.2. The van der Waals surface area contributed by atoms with Crippen molar-refractivity contribution in [3.63, 3.8) is 0 Å². The van der Waals surface area contributed by atoms with Crippen LogP contribution in [0.1, 0.15) is 12.0 Å². The molecule has 6 nitrogen and oxygen atoms in total. The molecule has 0 amide bonds. The van der Waals surface area contributed by atoms with Gasteiger partial charge in [0.15, 0.2) is 0 Å². The van der Waals surface area contributed by atoms with Crippen LogP contribution in [0.15, 0.2) is 41.6 Å². The molecule has 114 valence electrons. The molecule has 7 heteroatoms. The molecule has 0 saturated heterocycles. The maximum atomic E-state index is 12.6. The van der Waals surface area contributed by atoms with Crippen molar-refractivity contribution in [1.82, 2.24) is 9.78 Å². The number of aryl methyl sites for hydroxylation is 2. The zero-order chi connectivity index (χ0) is 15.5. The highest BCUT2D eigenvalue weighted by molar-refractivity contribution is 7.92. The number of anilines is 1. The lowest BCUT2D eigenvalue weighted by Gasteiger charge is -2.20. The first-order chi connectivity index (χ1) is 9.96. The van der Waals surface area contributed by atoms with Gasteiger partial charge in [-0.05, 0) is 31.5 Å². The van der Waals surface area contributed by atoms with Gasteiger partial charge < -0.3 is 5.73 Å². The van der Waals surface area contributed by atoms with Crippen LogP contribution in [0.4, 0.5) is 5.69 Å². The fourth-order valence-electron chi connectivity index (χ4n) is 2.06. The normalized spacial score (nSPS) is 11.6. The van der Waals surface area contributed by atoms with E-state index in [9.17, 15) is 8.42 Å². The van der Waals surface area contributed by atoms with Crippen molar-refractivity contribution in [2.24, 2.45) is 5.73 Å². The van der Waals surface area contributed by atoms with Gasteiger partial charge in [-0.3, -0.25) is 8.99 Å². The standard InChI is InChI=1S/C14H20N4O2S/c1-12-6-3-4-7-14(12)17(2)21(19,20)13-10-16-18(11-13)9-5-8-15/h3-4,6-7,10-11H,5,8-9,15H2,1-2H3. The topological polar surface area (TPSA) is 81.2 Å². The van der Waals surface area contributed by atoms with Crippen LogP contribution < -0.4 is 10.0 Å². The summed E-state index contributed by atoms with van der Waals surface area (Å²) < 4.78 is 28.1. The molecule has 0 fully saturated rings. The summed E-state index contributed by atoms with van der Waals surface area (Å²) >= 11 is 0. The monoisotopic (exact) mass is 308 g/mol. The number of benzene rings is 1. The van der Waals surface area contributed by atoms with E-state index in [1.54, 1.807) is 24.0 Å². The minimum atomic E-state index is -3.60. The Morgan fingerprint density at radius 1 is 1.33 bits per heavy atom. The van der Waals surface area contributed by atoms with Gasteiger partial charge in [0.25, 0.3) is 10.0 Å². The molecular weight excluding hydrogens is 288 g/mol. The first-order valence-electron chi connectivity index (χ1n) is 6.74. The molecule has 0 saturated carbocycles. The summed E-state index contributed by atoms with van der Waals surface area (Å²) in [7, 11) is -2.05. The van der Waals surface area contributed by atoms with E-state index >= 15 is 0 Å². The molecule has 1 aromatic heterocycles. The Bertz CT molecular complexity index is 709.